The summed E-state index contributed by atoms with van der Waals surface area (Å²) in [4.78, 5) is 22.3. The van der Waals surface area contributed by atoms with Gasteiger partial charge in [-0.1, -0.05) is 35.9 Å². The van der Waals surface area contributed by atoms with Gasteiger partial charge in [0, 0.05) is 23.3 Å². The Morgan fingerprint density at radius 3 is 2.28 bits per heavy atom. The molecule has 0 aliphatic heterocycles. The van der Waals surface area contributed by atoms with Crippen molar-refractivity contribution in [2.24, 2.45) is 0 Å². The van der Waals surface area contributed by atoms with E-state index in [4.69, 9.17) is 0 Å². The molecule has 2 aromatic carbocycles. The van der Waals surface area contributed by atoms with Crippen LogP contribution in [0.4, 0.5) is 5.69 Å². The normalized spacial score (nSPS) is 10.1. The van der Waals surface area contributed by atoms with Gasteiger partial charge in [-0.3, -0.25) is 14.9 Å². The van der Waals surface area contributed by atoms with E-state index in [1.165, 1.54) is 18.2 Å². The highest BCUT2D eigenvalue weighted by Crippen LogP contribution is 2.17. The van der Waals surface area contributed by atoms with E-state index in [9.17, 15) is 14.9 Å². The number of ketones is 1. The SMILES string of the molecule is Cc1cccc(C(=O)c2cccc([N+](=O)[O-])c2)c1. The molecule has 18 heavy (non-hydrogen) atoms. The van der Waals surface area contributed by atoms with Crippen molar-refractivity contribution in [1.82, 2.24) is 0 Å². The molecule has 0 heterocycles. The van der Waals surface area contributed by atoms with Crippen LogP contribution in [0.25, 0.3) is 0 Å². The Kier molecular flexibility index (Phi) is 3.19. The van der Waals surface area contributed by atoms with E-state index in [2.05, 4.69) is 0 Å². The van der Waals surface area contributed by atoms with E-state index in [0.717, 1.165) is 5.56 Å². The molecule has 2 rings (SSSR count). The topological polar surface area (TPSA) is 60.2 Å². The summed E-state index contributed by atoms with van der Waals surface area (Å²) in [5.74, 6) is -0.206. The van der Waals surface area contributed by atoms with E-state index in [1.807, 2.05) is 13.0 Å². The number of nitro benzene ring substituents is 1. The van der Waals surface area contributed by atoms with Crippen LogP contribution in [0.1, 0.15) is 21.5 Å². The number of nitro groups is 1. The molecular weight excluding hydrogens is 230 g/mol. The van der Waals surface area contributed by atoms with Crippen molar-refractivity contribution < 1.29 is 9.72 Å². The second-order valence-corrected chi connectivity index (χ2v) is 4.01. The average Bonchev–Trinajstić information content (AvgIpc) is 2.38. The van der Waals surface area contributed by atoms with Crippen LogP contribution in [-0.2, 0) is 0 Å². The molecule has 0 saturated carbocycles. The summed E-state index contributed by atoms with van der Waals surface area (Å²) in [6.45, 7) is 1.89. The first-order valence-electron chi connectivity index (χ1n) is 5.44. The minimum Gasteiger partial charge on any atom is -0.289 e. The number of hydrogen-bond donors (Lipinski definition) is 0. The fourth-order valence-electron chi connectivity index (χ4n) is 1.71. The standard InChI is InChI=1S/C14H11NO3/c1-10-4-2-5-11(8-10)14(16)12-6-3-7-13(9-12)15(17)18/h2-9H,1H3. The van der Waals surface area contributed by atoms with Crippen LogP contribution in [0.3, 0.4) is 0 Å². The molecule has 0 fully saturated rings. The molecule has 0 atom stereocenters. The zero-order chi connectivity index (χ0) is 13.1. The third kappa shape index (κ3) is 2.43. The van der Waals surface area contributed by atoms with Gasteiger partial charge in [0.25, 0.3) is 5.69 Å². The van der Waals surface area contributed by atoms with Gasteiger partial charge in [-0.05, 0) is 13.0 Å². The van der Waals surface area contributed by atoms with Crippen molar-refractivity contribution in [3.05, 3.63) is 75.3 Å². The first-order chi connectivity index (χ1) is 8.58. The highest BCUT2D eigenvalue weighted by Gasteiger charge is 2.13. The second-order valence-electron chi connectivity index (χ2n) is 4.01. The van der Waals surface area contributed by atoms with Gasteiger partial charge in [-0.25, -0.2) is 0 Å². The van der Waals surface area contributed by atoms with Crippen molar-refractivity contribution >= 4 is 11.5 Å². The van der Waals surface area contributed by atoms with Gasteiger partial charge in [-0.2, -0.15) is 0 Å². The van der Waals surface area contributed by atoms with Crippen LogP contribution in [0.2, 0.25) is 0 Å². The molecule has 0 N–H and O–H groups in total. The Hall–Kier alpha value is -2.49. The molecule has 0 radical (unpaired) electrons. The van der Waals surface area contributed by atoms with E-state index < -0.39 is 4.92 Å². The molecule has 0 spiro atoms. The smallest absolute Gasteiger partial charge is 0.270 e. The fraction of sp³-hybridized carbons (Fsp3) is 0.0714. The maximum Gasteiger partial charge on any atom is 0.270 e. The Balaban J connectivity index is 2.40. The van der Waals surface area contributed by atoms with Crippen molar-refractivity contribution in [2.45, 2.75) is 6.92 Å². The van der Waals surface area contributed by atoms with E-state index in [0.29, 0.717) is 11.1 Å². The molecule has 4 nitrogen and oxygen atoms in total. The average molecular weight is 241 g/mol. The lowest BCUT2D eigenvalue weighted by Crippen LogP contribution is -2.02. The Morgan fingerprint density at radius 2 is 1.67 bits per heavy atom. The fourth-order valence-corrected chi connectivity index (χ4v) is 1.71. The number of benzene rings is 2. The summed E-state index contributed by atoms with van der Waals surface area (Å²) >= 11 is 0. The summed E-state index contributed by atoms with van der Waals surface area (Å²) in [6.07, 6.45) is 0. The Bertz CT molecular complexity index is 620. The van der Waals surface area contributed by atoms with Crippen molar-refractivity contribution in [2.75, 3.05) is 0 Å². The molecule has 4 heteroatoms. The summed E-state index contributed by atoms with van der Waals surface area (Å²) in [5, 5.41) is 10.7. The number of hydrogen-bond acceptors (Lipinski definition) is 3. The zero-order valence-electron chi connectivity index (χ0n) is 9.79. The molecule has 0 saturated heterocycles. The zero-order valence-corrected chi connectivity index (χ0v) is 9.79. The first kappa shape index (κ1) is 12.0. The highest BCUT2D eigenvalue weighted by atomic mass is 16.6. The summed E-state index contributed by atoms with van der Waals surface area (Å²) < 4.78 is 0. The molecule has 0 unspecified atom stereocenters. The van der Waals surface area contributed by atoms with Gasteiger partial charge in [0.1, 0.15) is 0 Å². The lowest BCUT2D eigenvalue weighted by atomic mass is 10.0. The number of nitrogens with zero attached hydrogens (tertiary/aromatic N) is 1. The molecule has 0 amide bonds. The van der Waals surface area contributed by atoms with Crippen LogP contribution in [0, 0.1) is 17.0 Å². The van der Waals surface area contributed by atoms with Crippen LogP contribution in [0.15, 0.2) is 48.5 Å². The van der Waals surface area contributed by atoms with Crippen LogP contribution in [-0.4, -0.2) is 10.7 Å². The molecule has 0 aliphatic carbocycles. The number of non-ortho nitro benzene ring substituents is 1. The Morgan fingerprint density at radius 1 is 1.06 bits per heavy atom. The van der Waals surface area contributed by atoms with Gasteiger partial charge in [0.05, 0.1) is 4.92 Å². The molecule has 0 aromatic heterocycles. The number of carbonyl (C=O) groups is 1. The predicted molar refractivity (Wildman–Crippen MR) is 67.7 cm³/mol. The quantitative estimate of drug-likeness (QED) is 0.471. The number of carbonyl (C=O) groups excluding carboxylic acids is 1. The van der Waals surface area contributed by atoms with Gasteiger partial charge in [0.15, 0.2) is 5.78 Å². The third-order valence-corrected chi connectivity index (χ3v) is 2.60. The maximum absolute atomic E-state index is 12.2. The van der Waals surface area contributed by atoms with Crippen LogP contribution >= 0.6 is 0 Å². The predicted octanol–water partition coefficient (Wildman–Crippen LogP) is 3.13. The lowest BCUT2D eigenvalue weighted by molar-refractivity contribution is -0.384. The molecule has 2 aromatic rings. The second kappa shape index (κ2) is 4.79. The summed E-state index contributed by atoms with van der Waals surface area (Å²) in [5.41, 5.74) is 1.77. The number of aryl methyl sites for hydroxylation is 1. The molecule has 90 valence electrons. The Labute approximate surface area is 104 Å². The van der Waals surface area contributed by atoms with Crippen LogP contribution < -0.4 is 0 Å². The van der Waals surface area contributed by atoms with Crippen LogP contribution in [0.5, 0.6) is 0 Å². The van der Waals surface area contributed by atoms with Gasteiger partial charge in [0.2, 0.25) is 0 Å². The highest BCUT2D eigenvalue weighted by molar-refractivity contribution is 6.09. The minimum absolute atomic E-state index is 0.0755. The van der Waals surface area contributed by atoms with Gasteiger partial charge < -0.3 is 0 Å². The largest absolute Gasteiger partial charge is 0.289 e. The monoisotopic (exact) mass is 241 g/mol. The van der Waals surface area contributed by atoms with Crippen molar-refractivity contribution in [1.29, 1.82) is 0 Å². The third-order valence-electron chi connectivity index (χ3n) is 2.60. The molecule has 0 bridgehead atoms. The first-order valence-corrected chi connectivity index (χ1v) is 5.44. The summed E-state index contributed by atoms with van der Waals surface area (Å²) in [6, 6.07) is 12.9. The molecular formula is C14H11NO3. The van der Waals surface area contributed by atoms with Gasteiger partial charge in [-0.15, -0.1) is 0 Å². The number of rotatable bonds is 3. The summed E-state index contributed by atoms with van der Waals surface area (Å²) in [7, 11) is 0. The molecule has 0 aliphatic rings. The minimum atomic E-state index is -0.507. The van der Waals surface area contributed by atoms with E-state index in [1.54, 1.807) is 24.3 Å². The van der Waals surface area contributed by atoms with Gasteiger partial charge >= 0.3 is 0 Å². The van der Waals surface area contributed by atoms with E-state index >= 15 is 0 Å². The van der Waals surface area contributed by atoms with Crippen molar-refractivity contribution in [3.8, 4) is 0 Å². The lowest BCUT2D eigenvalue weighted by Gasteiger charge is -2.02. The maximum atomic E-state index is 12.2. The van der Waals surface area contributed by atoms with Crippen molar-refractivity contribution in [3.63, 3.8) is 0 Å². The van der Waals surface area contributed by atoms with E-state index in [-0.39, 0.29) is 11.5 Å².